The van der Waals surface area contributed by atoms with Gasteiger partial charge in [0.25, 0.3) is 0 Å². The van der Waals surface area contributed by atoms with E-state index in [2.05, 4.69) is 4.98 Å². The molecule has 0 aliphatic heterocycles. The Kier molecular flexibility index (Phi) is 4.05. The lowest BCUT2D eigenvalue weighted by Crippen LogP contribution is -2.14. The number of alkyl halides is 6. The maximum Gasteiger partial charge on any atom is 0.433 e. The number of hydrogen-bond donors (Lipinski definition) is 2. The van der Waals surface area contributed by atoms with Gasteiger partial charge in [-0.2, -0.15) is 26.3 Å². The molecule has 2 rings (SSSR count). The molecule has 3 nitrogen and oxygen atoms in total. The van der Waals surface area contributed by atoms with Crippen molar-refractivity contribution in [3.05, 3.63) is 41.1 Å². The number of nitrogens with zero attached hydrogens (tertiary/aromatic N) is 1. The average Bonchev–Trinajstić information content (AvgIpc) is 2.42. The summed E-state index contributed by atoms with van der Waals surface area (Å²) >= 11 is 0. The topological polar surface area (TPSA) is 53.4 Å². The fraction of sp³-hybridized carbons (Fsp3) is 0.308. The van der Waals surface area contributed by atoms with Crippen molar-refractivity contribution in [2.45, 2.75) is 18.5 Å². The SMILES string of the molecule is OC[C@H](O)c1cc(C(F)(F)F)nc2c(C(F)(F)F)cccc12. The van der Waals surface area contributed by atoms with Crippen LogP contribution in [0.15, 0.2) is 24.3 Å². The Morgan fingerprint density at radius 2 is 1.68 bits per heavy atom. The number of aliphatic hydroxyl groups is 2. The van der Waals surface area contributed by atoms with Crippen molar-refractivity contribution >= 4 is 10.9 Å². The highest BCUT2D eigenvalue weighted by Crippen LogP contribution is 2.38. The molecule has 0 unspecified atom stereocenters. The third kappa shape index (κ3) is 3.00. The van der Waals surface area contributed by atoms with E-state index in [-0.39, 0.29) is 5.39 Å². The lowest BCUT2D eigenvalue weighted by atomic mass is 10.00. The first kappa shape index (κ1) is 16.5. The minimum atomic E-state index is -4.99. The highest BCUT2D eigenvalue weighted by Gasteiger charge is 2.37. The van der Waals surface area contributed by atoms with Crippen molar-refractivity contribution in [1.82, 2.24) is 4.98 Å². The number of para-hydroxylation sites is 1. The van der Waals surface area contributed by atoms with Crippen molar-refractivity contribution in [3.63, 3.8) is 0 Å². The van der Waals surface area contributed by atoms with Crippen LogP contribution in [-0.4, -0.2) is 21.8 Å². The largest absolute Gasteiger partial charge is 0.433 e. The van der Waals surface area contributed by atoms with Crippen LogP contribution in [0.1, 0.15) is 22.9 Å². The minimum absolute atomic E-state index is 0.302. The standard InChI is InChI=1S/C13H9F6NO2/c14-12(15,16)8-3-1-2-6-7(9(22)5-21)4-10(13(17,18)19)20-11(6)8/h1-4,9,21-22H,5H2/t9-/m0/s1. The molecule has 2 N–H and O–H groups in total. The molecule has 0 spiro atoms. The van der Waals surface area contributed by atoms with Crippen LogP contribution in [0.3, 0.4) is 0 Å². The lowest BCUT2D eigenvalue weighted by molar-refractivity contribution is -0.142. The van der Waals surface area contributed by atoms with E-state index in [0.29, 0.717) is 12.1 Å². The van der Waals surface area contributed by atoms with E-state index in [0.717, 1.165) is 12.1 Å². The van der Waals surface area contributed by atoms with Gasteiger partial charge >= 0.3 is 12.4 Å². The highest BCUT2D eigenvalue weighted by molar-refractivity contribution is 5.86. The summed E-state index contributed by atoms with van der Waals surface area (Å²) in [6.07, 6.45) is -11.6. The molecular formula is C13H9F6NO2. The second-order valence-corrected chi connectivity index (χ2v) is 4.49. The van der Waals surface area contributed by atoms with Gasteiger partial charge in [0.15, 0.2) is 0 Å². The van der Waals surface area contributed by atoms with Crippen molar-refractivity contribution in [2.75, 3.05) is 6.61 Å². The fourth-order valence-electron chi connectivity index (χ4n) is 2.02. The van der Waals surface area contributed by atoms with E-state index in [1.54, 1.807) is 0 Å². The molecule has 0 saturated carbocycles. The first-order valence-electron chi connectivity index (χ1n) is 5.92. The summed E-state index contributed by atoms with van der Waals surface area (Å²) in [6, 6.07) is 3.13. The average molecular weight is 325 g/mol. The number of rotatable bonds is 2. The molecular weight excluding hydrogens is 316 g/mol. The molecule has 1 aromatic carbocycles. The molecule has 9 heteroatoms. The smallest absolute Gasteiger partial charge is 0.393 e. The molecule has 0 aliphatic carbocycles. The molecule has 120 valence electrons. The van der Waals surface area contributed by atoms with E-state index in [1.165, 1.54) is 0 Å². The summed E-state index contributed by atoms with van der Waals surface area (Å²) in [7, 11) is 0. The molecule has 1 atom stereocenters. The zero-order chi connectivity index (χ0) is 16.7. The van der Waals surface area contributed by atoms with Crippen LogP contribution in [0, 0.1) is 0 Å². The number of aromatic nitrogens is 1. The van der Waals surface area contributed by atoms with Crippen LogP contribution in [0.4, 0.5) is 26.3 Å². The third-order valence-electron chi connectivity index (χ3n) is 3.00. The molecule has 0 fully saturated rings. The Morgan fingerprint density at radius 3 is 2.18 bits per heavy atom. The Labute approximate surface area is 119 Å². The Balaban J connectivity index is 2.89. The van der Waals surface area contributed by atoms with Gasteiger partial charge in [-0.15, -0.1) is 0 Å². The van der Waals surface area contributed by atoms with Gasteiger partial charge in [0.2, 0.25) is 0 Å². The molecule has 0 saturated heterocycles. The maximum absolute atomic E-state index is 12.9. The van der Waals surface area contributed by atoms with E-state index in [4.69, 9.17) is 5.11 Å². The summed E-state index contributed by atoms with van der Waals surface area (Å²) in [4.78, 5) is 3.05. The van der Waals surface area contributed by atoms with Crippen LogP contribution in [0.2, 0.25) is 0 Å². The monoisotopic (exact) mass is 325 g/mol. The summed E-state index contributed by atoms with van der Waals surface area (Å²) in [6.45, 7) is -0.938. The number of aliphatic hydroxyl groups excluding tert-OH is 2. The quantitative estimate of drug-likeness (QED) is 0.833. The van der Waals surface area contributed by atoms with Crippen molar-refractivity contribution in [3.8, 4) is 0 Å². The maximum atomic E-state index is 12.9. The number of benzene rings is 1. The molecule has 1 heterocycles. The van der Waals surface area contributed by atoms with Crippen molar-refractivity contribution in [2.24, 2.45) is 0 Å². The van der Waals surface area contributed by atoms with Gasteiger partial charge in [-0.05, 0) is 17.7 Å². The van der Waals surface area contributed by atoms with E-state index in [9.17, 15) is 31.4 Å². The second-order valence-electron chi connectivity index (χ2n) is 4.49. The Morgan fingerprint density at radius 1 is 1.05 bits per heavy atom. The van der Waals surface area contributed by atoms with E-state index >= 15 is 0 Å². The molecule has 0 bridgehead atoms. The van der Waals surface area contributed by atoms with Crippen LogP contribution in [0.25, 0.3) is 10.9 Å². The van der Waals surface area contributed by atoms with Crippen molar-refractivity contribution < 1.29 is 36.6 Å². The number of halogens is 6. The molecule has 1 aromatic heterocycles. The molecule has 22 heavy (non-hydrogen) atoms. The number of pyridine rings is 1. The van der Waals surface area contributed by atoms with Crippen LogP contribution >= 0.6 is 0 Å². The minimum Gasteiger partial charge on any atom is -0.393 e. The van der Waals surface area contributed by atoms with Gasteiger partial charge in [-0.25, -0.2) is 4.98 Å². The summed E-state index contributed by atoms with van der Waals surface area (Å²) < 4.78 is 77.2. The predicted molar refractivity (Wildman–Crippen MR) is 63.8 cm³/mol. The van der Waals surface area contributed by atoms with Crippen LogP contribution < -0.4 is 0 Å². The van der Waals surface area contributed by atoms with Gasteiger partial charge in [-0.1, -0.05) is 12.1 Å². The molecule has 0 aliphatic rings. The van der Waals surface area contributed by atoms with Gasteiger partial charge in [-0.3, -0.25) is 0 Å². The fourth-order valence-corrected chi connectivity index (χ4v) is 2.02. The van der Waals surface area contributed by atoms with Crippen molar-refractivity contribution in [1.29, 1.82) is 0 Å². The van der Waals surface area contributed by atoms with Gasteiger partial charge in [0.05, 0.1) is 17.7 Å². The summed E-state index contributed by atoms with van der Waals surface area (Å²) in [5.74, 6) is 0. The summed E-state index contributed by atoms with van der Waals surface area (Å²) in [5.41, 5.74) is -4.31. The zero-order valence-corrected chi connectivity index (χ0v) is 10.7. The Bertz CT molecular complexity index is 695. The lowest BCUT2D eigenvalue weighted by Gasteiger charge is -2.17. The Hall–Kier alpha value is -1.87. The van der Waals surface area contributed by atoms with E-state index in [1.807, 2.05) is 0 Å². The molecule has 0 radical (unpaired) electrons. The molecule has 0 amide bonds. The summed E-state index contributed by atoms with van der Waals surface area (Å²) in [5, 5.41) is 18.2. The molecule has 2 aromatic rings. The van der Waals surface area contributed by atoms with Gasteiger partial charge in [0, 0.05) is 5.39 Å². The predicted octanol–water partition coefficient (Wildman–Crippen LogP) is 3.30. The zero-order valence-electron chi connectivity index (χ0n) is 10.7. The van der Waals surface area contributed by atoms with E-state index < -0.39 is 47.4 Å². The highest BCUT2D eigenvalue weighted by atomic mass is 19.4. The second kappa shape index (κ2) is 5.40. The number of hydrogen-bond acceptors (Lipinski definition) is 3. The van der Waals surface area contributed by atoms with Crippen LogP contribution in [0.5, 0.6) is 0 Å². The number of fused-ring (bicyclic) bond motifs is 1. The third-order valence-corrected chi connectivity index (χ3v) is 3.00. The first-order chi connectivity index (χ1) is 10.1. The van der Waals surface area contributed by atoms with Gasteiger partial charge < -0.3 is 10.2 Å². The van der Waals surface area contributed by atoms with Crippen LogP contribution in [-0.2, 0) is 12.4 Å². The van der Waals surface area contributed by atoms with Gasteiger partial charge in [0.1, 0.15) is 11.8 Å². The first-order valence-corrected chi connectivity index (χ1v) is 5.92. The normalized spacial score (nSPS) is 14.4.